The Balaban J connectivity index is 1.07. The molecular weight excluding hydrogens is 556 g/mol. The lowest BCUT2D eigenvalue weighted by Crippen LogP contribution is -2.40. The number of amides is 3. The normalized spacial score (nSPS) is 13.7. The molecule has 0 bridgehead atoms. The number of aryl methyl sites for hydroxylation is 2. The number of likely N-dealkylation sites (tertiary alicyclic amines) is 1. The standard InChI is InChI=1S/C35H44N4O5/c1-25-23-32(26(2)22-28(25)24-40)37-34(42)14-8-9-18-36-33(41)17-21-39-19-15-29(16-20-39)44-35(43)38-31-13-7-6-12-30(31)27-10-4-3-5-11-27/h3-7,10-13,22-23,29,40H,8-9,14-21,24H2,1-2H3,(H,36,41)(H,37,42)(H,38,43). The number of hydrogen-bond donors (Lipinski definition) is 4. The minimum Gasteiger partial charge on any atom is -0.446 e. The van der Waals surface area contributed by atoms with Crippen molar-refractivity contribution < 1.29 is 24.2 Å². The third-order valence-electron chi connectivity index (χ3n) is 7.99. The summed E-state index contributed by atoms with van der Waals surface area (Å²) in [6.07, 6.45) is 3.03. The molecule has 1 fully saturated rings. The van der Waals surface area contributed by atoms with Crippen LogP contribution in [0.2, 0.25) is 0 Å². The van der Waals surface area contributed by atoms with Gasteiger partial charge in [0.05, 0.1) is 12.3 Å². The molecular formula is C35H44N4O5. The van der Waals surface area contributed by atoms with E-state index in [-0.39, 0.29) is 24.5 Å². The van der Waals surface area contributed by atoms with Crippen molar-refractivity contribution in [3.8, 4) is 11.1 Å². The van der Waals surface area contributed by atoms with E-state index in [1.165, 1.54) is 0 Å². The first-order valence-corrected chi connectivity index (χ1v) is 15.4. The monoisotopic (exact) mass is 600 g/mol. The maximum absolute atomic E-state index is 12.6. The van der Waals surface area contributed by atoms with Gasteiger partial charge in [-0.25, -0.2) is 4.79 Å². The first-order chi connectivity index (χ1) is 21.3. The molecule has 4 N–H and O–H groups in total. The van der Waals surface area contributed by atoms with E-state index in [1.54, 1.807) is 0 Å². The zero-order valence-electron chi connectivity index (χ0n) is 25.7. The Morgan fingerprint density at radius 2 is 1.57 bits per heavy atom. The van der Waals surface area contributed by atoms with Crippen LogP contribution in [0.1, 0.15) is 55.2 Å². The van der Waals surface area contributed by atoms with Crippen molar-refractivity contribution in [1.82, 2.24) is 10.2 Å². The minimum atomic E-state index is -0.453. The van der Waals surface area contributed by atoms with Gasteiger partial charge < -0.3 is 25.4 Å². The van der Waals surface area contributed by atoms with Gasteiger partial charge in [-0.1, -0.05) is 54.6 Å². The molecule has 1 heterocycles. The Morgan fingerprint density at radius 1 is 0.841 bits per heavy atom. The van der Waals surface area contributed by atoms with Gasteiger partial charge in [-0.15, -0.1) is 0 Å². The van der Waals surface area contributed by atoms with Crippen LogP contribution >= 0.6 is 0 Å². The maximum atomic E-state index is 12.6. The third kappa shape index (κ3) is 9.92. The Hall–Kier alpha value is -4.21. The molecule has 234 valence electrons. The molecule has 9 nitrogen and oxygen atoms in total. The molecule has 0 unspecified atom stereocenters. The molecule has 0 atom stereocenters. The van der Waals surface area contributed by atoms with Gasteiger partial charge in [0.2, 0.25) is 11.8 Å². The molecule has 0 aliphatic carbocycles. The van der Waals surface area contributed by atoms with E-state index < -0.39 is 6.09 Å². The van der Waals surface area contributed by atoms with E-state index in [9.17, 15) is 19.5 Å². The van der Waals surface area contributed by atoms with E-state index in [0.717, 1.165) is 65.9 Å². The van der Waals surface area contributed by atoms with E-state index in [4.69, 9.17) is 4.74 Å². The second kappa shape index (κ2) is 16.6. The van der Waals surface area contributed by atoms with Gasteiger partial charge >= 0.3 is 6.09 Å². The summed E-state index contributed by atoms with van der Waals surface area (Å²) >= 11 is 0. The number of nitrogens with zero attached hydrogens (tertiary/aromatic N) is 1. The lowest BCUT2D eigenvalue weighted by atomic mass is 10.0. The number of rotatable bonds is 13. The van der Waals surface area contributed by atoms with E-state index in [0.29, 0.717) is 38.0 Å². The molecule has 3 amide bonds. The first kappa shape index (κ1) is 32.7. The summed E-state index contributed by atoms with van der Waals surface area (Å²) in [6, 6.07) is 21.4. The van der Waals surface area contributed by atoms with Crippen LogP contribution < -0.4 is 16.0 Å². The molecule has 3 aromatic carbocycles. The predicted octanol–water partition coefficient (Wildman–Crippen LogP) is 5.79. The molecule has 4 rings (SSSR count). The van der Waals surface area contributed by atoms with E-state index >= 15 is 0 Å². The van der Waals surface area contributed by atoms with Gasteiger partial charge in [-0.3, -0.25) is 14.9 Å². The zero-order chi connectivity index (χ0) is 31.3. The number of carbonyl (C=O) groups is 3. The number of unbranched alkanes of at least 4 members (excludes halogenated alkanes) is 1. The van der Waals surface area contributed by atoms with Crippen LogP contribution in [0.25, 0.3) is 11.1 Å². The summed E-state index contributed by atoms with van der Waals surface area (Å²) in [5.74, 6) is -0.0585. The van der Waals surface area contributed by atoms with Crippen LogP contribution in [-0.4, -0.2) is 60.2 Å². The average Bonchev–Trinajstić information content (AvgIpc) is 3.02. The Morgan fingerprint density at radius 3 is 2.32 bits per heavy atom. The number of hydrogen-bond acceptors (Lipinski definition) is 6. The molecule has 1 saturated heterocycles. The van der Waals surface area contributed by atoms with Crippen molar-refractivity contribution >= 4 is 29.3 Å². The van der Waals surface area contributed by atoms with Gasteiger partial charge in [-0.05, 0) is 73.9 Å². The fourth-order valence-corrected chi connectivity index (χ4v) is 5.38. The number of carbonyl (C=O) groups excluding carboxylic acids is 3. The van der Waals surface area contributed by atoms with Crippen LogP contribution in [-0.2, 0) is 20.9 Å². The minimum absolute atomic E-state index is 0.000595. The fourth-order valence-electron chi connectivity index (χ4n) is 5.38. The SMILES string of the molecule is Cc1cc(NC(=O)CCCCNC(=O)CCN2CCC(OC(=O)Nc3ccccc3-c3ccccc3)CC2)c(C)cc1CO. The quantitative estimate of drug-likeness (QED) is 0.184. The van der Waals surface area contributed by atoms with Crippen molar-refractivity contribution in [2.75, 3.05) is 36.8 Å². The molecule has 1 aliphatic rings. The largest absolute Gasteiger partial charge is 0.446 e. The van der Waals surface area contributed by atoms with Crippen molar-refractivity contribution in [2.45, 2.75) is 65.1 Å². The number of nitrogens with one attached hydrogen (secondary N) is 3. The van der Waals surface area contributed by atoms with Crippen LogP contribution in [0.5, 0.6) is 0 Å². The lowest BCUT2D eigenvalue weighted by molar-refractivity contribution is -0.121. The number of piperidine rings is 1. The van der Waals surface area contributed by atoms with E-state index in [2.05, 4.69) is 20.9 Å². The Bertz CT molecular complexity index is 1400. The van der Waals surface area contributed by atoms with Gasteiger partial charge in [0.1, 0.15) is 6.10 Å². The third-order valence-corrected chi connectivity index (χ3v) is 7.99. The highest BCUT2D eigenvalue weighted by Crippen LogP contribution is 2.28. The number of anilines is 2. The molecule has 0 aromatic heterocycles. The Kier molecular flexibility index (Phi) is 12.3. The second-order valence-electron chi connectivity index (χ2n) is 11.3. The number of para-hydroxylation sites is 1. The second-order valence-corrected chi connectivity index (χ2v) is 11.3. The maximum Gasteiger partial charge on any atom is 0.411 e. The van der Waals surface area contributed by atoms with Crippen LogP contribution in [0.15, 0.2) is 66.7 Å². The number of aliphatic hydroxyl groups is 1. The number of aliphatic hydroxyl groups excluding tert-OH is 1. The highest BCUT2D eigenvalue weighted by molar-refractivity contribution is 5.92. The summed E-state index contributed by atoms with van der Waals surface area (Å²) in [4.78, 5) is 39.6. The van der Waals surface area contributed by atoms with Crippen molar-refractivity contribution in [3.05, 3.63) is 83.4 Å². The summed E-state index contributed by atoms with van der Waals surface area (Å²) in [6.45, 7) is 6.53. The summed E-state index contributed by atoms with van der Waals surface area (Å²) in [5, 5.41) is 18.2. The zero-order valence-corrected chi connectivity index (χ0v) is 25.7. The molecule has 1 aliphatic heterocycles. The summed E-state index contributed by atoms with van der Waals surface area (Å²) in [5.41, 5.74) is 6.16. The first-order valence-electron chi connectivity index (χ1n) is 15.4. The van der Waals surface area contributed by atoms with Gasteiger partial charge in [-0.2, -0.15) is 0 Å². The van der Waals surface area contributed by atoms with E-state index in [1.807, 2.05) is 80.6 Å². The van der Waals surface area contributed by atoms with Crippen molar-refractivity contribution in [1.29, 1.82) is 0 Å². The smallest absolute Gasteiger partial charge is 0.411 e. The lowest BCUT2D eigenvalue weighted by Gasteiger charge is -2.31. The molecule has 3 aromatic rings. The number of ether oxygens (including phenoxy) is 1. The summed E-state index contributed by atoms with van der Waals surface area (Å²) in [7, 11) is 0. The Labute approximate surface area is 260 Å². The highest BCUT2D eigenvalue weighted by atomic mass is 16.6. The van der Waals surface area contributed by atoms with Gasteiger partial charge in [0, 0.05) is 50.3 Å². The summed E-state index contributed by atoms with van der Waals surface area (Å²) < 4.78 is 5.71. The average molecular weight is 601 g/mol. The topological polar surface area (TPSA) is 120 Å². The number of benzene rings is 3. The molecule has 0 saturated carbocycles. The highest BCUT2D eigenvalue weighted by Gasteiger charge is 2.23. The van der Waals surface area contributed by atoms with Crippen LogP contribution in [0, 0.1) is 13.8 Å². The molecule has 0 radical (unpaired) electrons. The molecule has 0 spiro atoms. The predicted molar refractivity (Wildman–Crippen MR) is 173 cm³/mol. The fraction of sp³-hybridized carbons (Fsp3) is 0.400. The van der Waals surface area contributed by atoms with Gasteiger partial charge in [0.25, 0.3) is 0 Å². The van der Waals surface area contributed by atoms with Crippen LogP contribution in [0.3, 0.4) is 0 Å². The van der Waals surface area contributed by atoms with Crippen molar-refractivity contribution in [2.24, 2.45) is 0 Å². The van der Waals surface area contributed by atoms with Crippen LogP contribution in [0.4, 0.5) is 16.2 Å². The molecule has 44 heavy (non-hydrogen) atoms. The van der Waals surface area contributed by atoms with Crippen molar-refractivity contribution in [3.63, 3.8) is 0 Å². The molecule has 9 heteroatoms. The van der Waals surface area contributed by atoms with Gasteiger partial charge in [0.15, 0.2) is 0 Å².